The minimum absolute atomic E-state index is 0.168. The molecule has 1 aliphatic rings. The van der Waals surface area contributed by atoms with E-state index in [2.05, 4.69) is 21.0 Å². The van der Waals surface area contributed by atoms with Crippen LogP contribution >= 0.6 is 15.9 Å². The van der Waals surface area contributed by atoms with E-state index in [1.165, 1.54) is 11.9 Å². The van der Waals surface area contributed by atoms with Crippen LogP contribution in [0.4, 0.5) is 5.69 Å². The van der Waals surface area contributed by atoms with Gasteiger partial charge in [-0.25, -0.2) is 0 Å². The summed E-state index contributed by atoms with van der Waals surface area (Å²) in [5.41, 5.74) is 2.77. The van der Waals surface area contributed by atoms with E-state index >= 15 is 0 Å². The SMILES string of the molecule is CC(=O)N1N=C(c2ccccc2Br)O[C@H]1c1ccc(N(C)C)cc1. The Morgan fingerprint density at radius 3 is 2.42 bits per heavy atom. The molecule has 0 bridgehead atoms. The number of carbonyl (C=O) groups is 1. The molecule has 124 valence electrons. The van der Waals surface area contributed by atoms with Crippen molar-refractivity contribution in [2.75, 3.05) is 19.0 Å². The molecular weight excluding hydrogens is 370 g/mol. The molecule has 0 fully saturated rings. The van der Waals surface area contributed by atoms with Gasteiger partial charge in [0.2, 0.25) is 18.0 Å². The van der Waals surface area contributed by atoms with Gasteiger partial charge in [-0.15, -0.1) is 5.10 Å². The van der Waals surface area contributed by atoms with E-state index in [0.29, 0.717) is 5.90 Å². The number of nitrogens with zero attached hydrogens (tertiary/aromatic N) is 3. The molecule has 1 atom stereocenters. The average molecular weight is 388 g/mol. The lowest BCUT2D eigenvalue weighted by Gasteiger charge is -2.20. The minimum Gasteiger partial charge on any atom is -0.446 e. The van der Waals surface area contributed by atoms with Crippen LogP contribution < -0.4 is 4.90 Å². The van der Waals surface area contributed by atoms with E-state index in [1.807, 2.05) is 67.5 Å². The highest BCUT2D eigenvalue weighted by Gasteiger charge is 2.33. The molecule has 0 unspecified atom stereocenters. The molecule has 3 rings (SSSR count). The Kier molecular flexibility index (Phi) is 4.57. The Balaban J connectivity index is 1.92. The van der Waals surface area contributed by atoms with Crippen LogP contribution in [0.15, 0.2) is 58.1 Å². The molecule has 0 saturated carbocycles. The molecule has 1 amide bonds. The summed E-state index contributed by atoms with van der Waals surface area (Å²) in [6.45, 7) is 1.48. The van der Waals surface area contributed by atoms with Gasteiger partial charge in [0.05, 0.1) is 5.56 Å². The van der Waals surface area contributed by atoms with Gasteiger partial charge < -0.3 is 9.64 Å². The predicted octanol–water partition coefficient (Wildman–Crippen LogP) is 3.75. The number of hydrogen-bond acceptors (Lipinski definition) is 4. The zero-order valence-corrected chi connectivity index (χ0v) is 15.3. The molecule has 24 heavy (non-hydrogen) atoms. The van der Waals surface area contributed by atoms with E-state index in [4.69, 9.17) is 4.74 Å². The molecular formula is C18H18BrN3O2. The maximum absolute atomic E-state index is 12.0. The molecule has 0 aliphatic carbocycles. The number of rotatable bonds is 3. The first kappa shape index (κ1) is 16.5. The lowest BCUT2D eigenvalue weighted by Crippen LogP contribution is -2.25. The van der Waals surface area contributed by atoms with Crippen molar-refractivity contribution in [1.29, 1.82) is 0 Å². The Hall–Kier alpha value is -2.34. The monoisotopic (exact) mass is 387 g/mol. The predicted molar refractivity (Wildman–Crippen MR) is 97.8 cm³/mol. The van der Waals surface area contributed by atoms with E-state index in [1.54, 1.807) is 0 Å². The molecule has 5 nitrogen and oxygen atoms in total. The van der Waals surface area contributed by atoms with Gasteiger partial charge in [0, 0.05) is 36.7 Å². The van der Waals surface area contributed by atoms with E-state index in [9.17, 15) is 4.79 Å². The van der Waals surface area contributed by atoms with E-state index in [0.717, 1.165) is 21.3 Å². The van der Waals surface area contributed by atoms with Gasteiger partial charge in [-0.2, -0.15) is 5.01 Å². The number of hydrazone groups is 1. The van der Waals surface area contributed by atoms with Crippen LogP contribution in [0.3, 0.4) is 0 Å². The minimum atomic E-state index is -0.555. The van der Waals surface area contributed by atoms with Gasteiger partial charge in [0.15, 0.2) is 0 Å². The zero-order valence-electron chi connectivity index (χ0n) is 13.7. The number of halogens is 1. The highest BCUT2D eigenvalue weighted by Crippen LogP contribution is 2.32. The van der Waals surface area contributed by atoms with Gasteiger partial charge in [-0.3, -0.25) is 4.79 Å². The molecule has 6 heteroatoms. The number of hydrogen-bond donors (Lipinski definition) is 0. The molecule has 0 spiro atoms. The Morgan fingerprint density at radius 1 is 1.17 bits per heavy atom. The maximum atomic E-state index is 12.0. The summed E-state index contributed by atoms with van der Waals surface area (Å²) in [6.07, 6.45) is -0.555. The average Bonchev–Trinajstić information content (AvgIpc) is 3.00. The number of ether oxygens (including phenoxy) is 1. The van der Waals surface area contributed by atoms with Crippen molar-refractivity contribution >= 4 is 33.4 Å². The lowest BCUT2D eigenvalue weighted by molar-refractivity contribution is -0.135. The van der Waals surface area contributed by atoms with Crippen LogP contribution in [-0.4, -0.2) is 30.9 Å². The van der Waals surface area contributed by atoms with Gasteiger partial charge in [-0.05, 0) is 40.2 Å². The third kappa shape index (κ3) is 3.14. The van der Waals surface area contributed by atoms with Crippen molar-refractivity contribution in [3.05, 3.63) is 64.1 Å². The Bertz CT molecular complexity index is 787. The largest absolute Gasteiger partial charge is 0.446 e. The number of benzene rings is 2. The van der Waals surface area contributed by atoms with Crippen molar-refractivity contribution in [2.45, 2.75) is 13.2 Å². The van der Waals surface area contributed by atoms with E-state index in [-0.39, 0.29) is 5.91 Å². The summed E-state index contributed by atoms with van der Waals surface area (Å²) in [5, 5.41) is 5.75. The van der Waals surface area contributed by atoms with Gasteiger partial charge in [-0.1, -0.05) is 24.3 Å². The lowest BCUT2D eigenvalue weighted by atomic mass is 10.1. The smallest absolute Gasteiger partial charge is 0.243 e. The van der Waals surface area contributed by atoms with Crippen molar-refractivity contribution < 1.29 is 9.53 Å². The zero-order chi connectivity index (χ0) is 17.3. The van der Waals surface area contributed by atoms with Crippen molar-refractivity contribution in [3.63, 3.8) is 0 Å². The van der Waals surface area contributed by atoms with Crippen LogP contribution in [0.2, 0.25) is 0 Å². The van der Waals surface area contributed by atoms with Gasteiger partial charge in [0.1, 0.15) is 0 Å². The molecule has 2 aromatic rings. The third-order valence-electron chi connectivity index (χ3n) is 3.77. The summed E-state index contributed by atoms with van der Waals surface area (Å²) in [6, 6.07) is 15.5. The second kappa shape index (κ2) is 6.65. The van der Waals surface area contributed by atoms with Crippen molar-refractivity contribution in [2.24, 2.45) is 5.10 Å². The van der Waals surface area contributed by atoms with Gasteiger partial charge >= 0.3 is 0 Å². The van der Waals surface area contributed by atoms with Crippen LogP contribution in [0.1, 0.15) is 24.3 Å². The number of anilines is 1. The number of amides is 1. The summed E-state index contributed by atoms with van der Waals surface area (Å²) < 4.78 is 6.87. The van der Waals surface area contributed by atoms with E-state index < -0.39 is 6.23 Å². The van der Waals surface area contributed by atoms with Crippen LogP contribution in [0.25, 0.3) is 0 Å². The Morgan fingerprint density at radius 2 is 1.83 bits per heavy atom. The summed E-state index contributed by atoms with van der Waals surface area (Å²) in [7, 11) is 3.97. The summed E-state index contributed by atoms with van der Waals surface area (Å²) >= 11 is 3.50. The summed E-state index contributed by atoms with van der Waals surface area (Å²) in [4.78, 5) is 14.0. The highest BCUT2D eigenvalue weighted by atomic mass is 79.9. The first-order chi connectivity index (χ1) is 11.5. The van der Waals surface area contributed by atoms with Gasteiger partial charge in [0.25, 0.3) is 0 Å². The fourth-order valence-electron chi connectivity index (χ4n) is 2.46. The second-order valence-electron chi connectivity index (χ2n) is 5.70. The second-order valence-corrected chi connectivity index (χ2v) is 6.56. The first-order valence-corrected chi connectivity index (χ1v) is 8.34. The quantitative estimate of drug-likeness (QED) is 0.805. The molecule has 1 aliphatic heterocycles. The standard InChI is InChI=1S/C18H18BrN3O2/c1-12(23)22-18(13-8-10-14(11-9-13)21(2)3)24-17(20-22)15-6-4-5-7-16(15)19/h4-11,18H,1-3H3/t18-/m0/s1. The molecule has 0 saturated heterocycles. The van der Waals surface area contributed by atoms with Crippen LogP contribution in [-0.2, 0) is 9.53 Å². The molecule has 0 aromatic heterocycles. The van der Waals surface area contributed by atoms with Crippen LogP contribution in [0, 0.1) is 0 Å². The van der Waals surface area contributed by atoms with Crippen LogP contribution in [0.5, 0.6) is 0 Å². The molecule has 0 radical (unpaired) electrons. The normalized spacial score (nSPS) is 16.6. The molecule has 2 aromatic carbocycles. The Labute approximate surface area is 149 Å². The molecule has 1 heterocycles. The molecule has 0 N–H and O–H groups in total. The van der Waals surface area contributed by atoms with Crippen molar-refractivity contribution in [1.82, 2.24) is 5.01 Å². The first-order valence-electron chi connectivity index (χ1n) is 7.54. The fourth-order valence-corrected chi connectivity index (χ4v) is 2.92. The van der Waals surface area contributed by atoms with Crippen molar-refractivity contribution in [3.8, 4) is 0 Å². The maximum Gasteiger partial charge on any atom is 0.243 e. The summed E-state index contributed by atoms with van der Waals surface area (Å²) in [5.74, 6) is 0.262. The fraction of sp³-hybridized carbons (Fsp3) is 0.222. The highest BCUT2D eigenvalue weighted by molar-refractivity contribution is 9.10. The third-order valence-corrected chi connectivity index (χ3v) is 4.46. The topological polar surface area (TPSA) is 45.1 Å². The number of carbonyl (C=O) groups excluding carboxylic acids is 1.